The number of aromatic nitrogens is 2. The Morgan fingerprint density at radius 1 is 1.10 bits per heavy atom. The number of anilines is 1. The Kier molecular flexibility index (Phi) is 10.4. The number of para-hydroxylation sites is 1. The van der Waals surface area contributed by atoms with Gasteiger partial charge in [0.1, 0.15) is 0 Å². The second kappa shape index (κ2) is 13.1. The number of carbonyl (C=O) groups excluding carboxylic acids is 1. The average Bonchev–Trinajstić information content (AvgIpc) is 3.42. The first-order chi connectivity index (χ1) is 18.8. The summed E-state index contributed by atoms with van der Waals surface area (Å²) < 4.78 is 2.51. The number of aliphatic hydroxyl groups excluding tert-OH is 1. The summed E-state index contributed by atoms with van der Waals surface area (Å²) in [5.41, 5.74) is 5.74. The predicted octanol–water partition coefficient (Wildman–Crippen LogP) is 7.90. The third kappa shape index (κ3) is 7.38. The van der Waals surface area contributed by atoms with Crippen molar-refractivity contribution in [3.05, 3.63) is 70.8 Å². The zero-order chi connectivity index (χ0) is 29.4. The van der Waals surface area contributed by atoms with Crippen LogP contribution in [-0.4, -0.2) is 35.1 Å². The molecule has 0 amide bonds. The molecule has 1 aliphatic rings. The zero-order valence-electron chi connectivity index (χ0n) is 25.4. The van der Waals surface area contributed by atoms with Crippen LogP contribution in [0, 0.1) is 24.2 Å². The molecule has 0 saturated carbocycles. The number of hydrogen-bond acceptors (Lipinski definition) is 6. The van der Waals surface area contributed by atoms with Gasteiger partial charge in [-0.2, -0.15) is 10.2 Å². The Balaban J connectivity index is 0.000000331. The van der Waals surface area contributed by atoms with Gasteiger partial charge in [0.15, 0.2) is 5.78 Å². The molecule has 1 N–H and O–H groups in total. The van der Waals surface area contributed by atoms with Crippen LogP contribution in [0.3, 0.4) is 0 Å². The van der Waals surface area contributed by atoms with Gasteiger partial charge in [0.05, 0.1) is 16.2 Å². The number of rotatable bonds is 5. The van der Waals surface area contributed by atoms with E-state index in [1.165, 1.54) is 31.8 Å². The monoisotopic (exact) mass is 748 g/mol. The van der Waals surface area contributed by atoms with Crippen molar-refractivity contribution in [1.29, 1.82) is 0 Å². The molecule has 0 unspecified atom stereocenters. The second-order valence-electron chi connectivity index (χ2n) is 12.4. The van der Waals surface area contributed by atoms with Crippen molar-refractivity contribution in [2.45, 2.75) is 61.8 Å². The Morgan fingerprint density at radius 2 is 1.78 bits per heavy atom. The molecule has 3 heterocycles. The fourth-order valence-corrected chi connectivity index (χ4v) is 6.06. The third-order valence-electron chi connectivity index (χ3n) is 6.98. The van der Waals surface area contributed by atoms with Crippen LogP contribution in [0.4, 0.5) is 11.4 Å². The summed E-state index contributed by atoms with van der Waals surface area (Å²) in [6.07, 6.45) is 2.38. The summed E-state index contributed by atoms with van der Waals surface area (Å²) in [7, 11) is 2.09. The van der Waals surface area contributed by atoms with Gasteiger partial charge in [-0.15, -0.1) is 17.0 Å². The maximum Gasteiger partial charge on any atom is 0.210 e. The summed E-state index contributed by atoms with van der Waals surface area (Å²) >= 11 is 1.82. The molecular formula is C32H40BIrN4O2S-. The van der Waals surface area contributed by atoms with Gasteiger partial charge in [0.25, 0.3) is 0 Å². The van der Waals surface area contributed by atoms with E-state index in [1.807, 2.05) is 45.1 Å². The van der Waals surface area contributed by atoms with Crippen LogP contribution < -0.4 is 10.4 Å². The minimum Gasteiger partial charge on any atom is -0.682 e. The number of hydrogen-bond donors (Lipinski definition) is 1. The Bertz CT molecular complexity index is 1580. The van der Waals surface area contributed by atoms with Crippen LogP contribution >= 0.6 is 11.3 Å². The molecule has 5 rings (SSSR count). The first-order valence-corrected chi connectivity index (χ1v) is 14.7. The molecule has 2 aromatic carbocycles. The van der Waals surface area contributed by atoms with Crippen molar-refractivity contribution in [2.75, 3.05) is 11.9 Å². The molecule has 6 nitrogen and oxygen atoms in total. The van der Waals surface area contributed by atoms with Gasteiger partial charge in [-0.25, -0.2) is 0 Å². The van der Waals surface area contributed by atoms with E-state index in [2.05, 4.69) is 86.1 Å². The number of thiophene rings is 1. The number of carbonyl (C=O) groups is 1. The maximum atomic E-state index is 11.0. The Morgan fingerprint density at radius 3 is 2.39 bits per heavy atom. The number of allylic oxidation sites excluding steroid dienone is 2. The van der Waals surface area contributed by atoms with Gasteiger partial charge in [-0.1, -0.05) is 78.8 Å². The Labute approximate surface area is 262 Å². The number of ketones is 1. The van der Waals surface area contributed by atoms with Crippen molar-refractivity contribution < 1.29 is 30.0 Å². The molecule has 2 aromatic heterocycles. The van der Waals surface area contributed by atoms with Crippen molar-refractivity contribution in [1.82, 2.24) is 10.2 Å². The van der Waals surface area contributed by atoms with E-state index in [1.54, 1.807) is 0 Å². The number of nitrogens with zero attached hydrogens (tertiary/aromatic N) is 4. The van der Waals surface area contributed by atoms with Crippen LogP contribution in [-0.2, 0) is 31.3 Å². The van der Waals surface area contributed by atoms with E-state index in [-0.39, 0.29) is 55.9 Å². The SMILES string of the molecule is CC(C)C(=O)/C=C(\O)C(C)C.Cc1nnc(B2[N-]c3ccccc3N2C)c2sc3cc(CC(C)(C)C)ccc3c12.[Ir]. The van der Waals surface area contributed by atoms with Crippen molar-refractivity contribution >= 4 is 61.2 Å². The largest absolute Gasteiger partial charge is 0.682 e. The van der Waals surface area contributed by atoms with Gasteiger partial charge in [-0.05, 0) is 43.5 Å². The minimum atomic E-state index is -0.134. The van der Waals surface area contributed by atoms with E-state index in [4.69, 9.17) is 5.23 Å². The summed E-state index contributed by atoms with van der Waals surface area (Å²) in [5.74, 6) is 0.161. The maximum absolute atomic E-state index is 11.0. The van der Waals surface area contributed by atoms with Crippen LogP contribution in [0.1, 0.15) is 59.7 Å². The standard InChI is InChI=1S/C23H24BN4S.C9H16O2.Ir/c1-14-20-16-11-10-15(13-23(2,3)4)12-19(16)29-21(20)22(27-26-14)24-25-17-8-6-7-9-18(17)28(24)5;1-6(2)8(10)5-9(11)7(3)4;/h6-12H,13H2,1-5H3;5-7,10H,1-4H3;/q-1;;/b;8-5-;. The summed E-state index contributed by atoms with van der Waals surface area (Å²) in [4.78, 5) is 13.2. The molecule has 219 valence electrons. The minimum absolute atomic E-state index is 0. The smallest absolute Gasteiger partial charge is 0.210 e. The molecule has 0 fully saturated rings. The van der Waals surface area contributed by atoms with Gasteiger partial charge < -0.3 is 15.1 Å². The number of aliphatic hydroxyl groups is 1. The number of aryl methyl sites for hydroxylation is 1. The molecule has 41 heavy (non-hydrogen) atoms. The first kappa shape index (κ1) is 32.8. The first-order valence-electron chi connectivity index (χ1n) is 13.9. The molecule has 1 radical (unpaired) electrons. The molecule has 0 aliphatic carbocycles. The van der Waals surface area contributed by atoms with Crippen molar-refractivity contribution in [3.8, 4) is 0 Å². The quantitative estimate of drug-likeness (QED) is 0.128. The molecule has 1 aliphatic heterocycles. The molecule has 0 bridgehead atoms. The van der Waals surface area contributed by atoms with Crippen LogP contribution in [0.2, 0.25) is 0 Å². The predicted molar refractivity (Wildman–Crippen MR) is 171 cm³/mol. The number of benzene rings is 2. The van der Waals surface area contributed by atoms with Gasteiger partial charge in [0, 0.05) is 64.8 Å². The van der Waals surface area contributed by atoms with E-state index < -0.39 is 0 Å². The van der Waals surface area contributed by atoms with E-state index in [9.17, 15) is 9.90 Å². The average molecular weight is 748 g/mol. The zero-order valence-corrected chi connectivity index (χ0v) is 28.7. The van der Waals surface area contributed by atoms with Crippen molar-refractivity contribution in [2.24, 2.45) is 17.3 Å². The summed E-state index contributed by atoms with van der Waals surface area (Å²) in [5, 5.41) is 25.8. The van der Waals surface area contributed by atoms with E-state index in [0.717, 1.165) is 29.1 Å². The summed E-state index contributed by atoms with van der Waals surface area (Å²) in [6, 6.07) is 15.1. The third-order valence-corrected chi connectivity index (χ3v) is 8.15. The molecular weight excluding hydrogens is 707 g/mol. The van der Waals surface area contributed by atoms with Gasteiger partial charge >= 0.3 is 0 Å². The Hall–Kier alpha value is -2.74. The van der Waals surface area contributed by atoms with Gasteiger partial charge in [0.2, 0.25) is 6.98 Å². The van der Waals surface area contributed by atoms with Crippen molar-refractivity contribution in [3.63, 3.8) is 0 Å². The fourth-order valence-electron chi connectivity index (χ4n) is 4.74. The second-order valence-corrected chi connectivity index (χ2v) is 13.5. The molecule has 9 heteroatoms. The number of fused-ring (bicyclic) bond motifs is 4. The van der Waals surface area contributed by atoms with Crippen LogP contribution in [0.15, 0.2) is 54.3 Å². The fraction of sp³-hybridized carbons (Fsp3) is 0.406. The molecule has 0 atom stereocenters. The molecule has 0 saturated heterocycles. The normalized spacial score (nSPS) is 13.3. The van der Waals surface area contributed by atoms with Crippen LogP contribution in [0.25, 0.3) is 25.4 Å². The van der Waals surface area contributed by atoms with Crippen LogP contribution in [0.5, 0.6) is 0 Å². The topological polar surface area (TPSA) is 80.4 Å². The van der Waals surface area contributed by atoms with E-state index in [0.29, 0.717) is 0 Å². The van der Waals surface area contributed by atoms with E-state index >= 15 is 0 Å². The summed E-state index contributed by atoms with van der Waals surface area (Å²) in [6.45, 7) is 16.1. The van der Waals surface area contributed by atoms with Gasteiger partial charge in [-0.3, -0.25) is 4.79 Å². The molecule has 0 spiro atoms. The molecule has 4 aromatic rings.